The zero-order valence-electron chi connectivity index (χ0n) is 13.3. The predicted octanol–water partition coefficient (Wildman–Crippen LogP) is 2.03. The fourth-order valence-electron chi connectivity index (χ4n) is 2.44. The molecule has 0 saturated carbocycles. The van der Waals surface area contributed by atoms with Gasteiger partial charge in [-0.15, -0.1) is 0 Å². The van der Waals surface area contributed by atoms with Gasteiger partial charge in [0.1, 0.15) is 5.15 Å². The zero-order chi connectivity index (χ0) is 16.4. The molecule has 0 N–H and O–H groups in total. The van der Waals surface area contributed by atoms with Crippen LogP contribution in [0, 0.1) is 12.8 Å². The van der Waals surface area contributed by atoms with Crippen molar-refractivity contribution in [1.82, 2.24) is 19.8 Å². The van der Waals surface area contributed by atoms with Gasteiger partial charge in [-0.25, -0.2) is 5.01 Å². The van der Waals surface area contributed by atoms with E-state index in [1.165, 1.54) is 16.1 Å². The smallest absolute Gasteiger partial charge is 0.265 e. The van der Waals surface area contributed by atoms with E-state index in [0.717, 1.165) is 17.7 Å². The summed E-state index contributed by atoms with van der Waals surface area (Å²) in [5, 5.41) is 7.72. The van der Waals surface area contributed by atoms with Crippen LogP contribution in [0.2, 0.25) is 5.15 Å². The van der Waals surface area contributed by atoms with Crippen LogP contribution in [0.25, 0.3) is 6.08 Å². The van der Waals surface area contributed by atoms with Gasteiger partial charge in [0.2, 0.25) is 5.91 Å². The topological polar surface area (TPSA) is 58.4 Å². The molecule has 2 heterocycles. The van der Waals surface area contributed by atoms with Gasteiger partial charge in [0.15, 0.2) is 0 Å². The molecule has 0 aliphatic carbocycles. The van der Waals surface area contributed by atoms with E-state index in [0.29, 0.717) is 18.2 Å². The number of halogens is 1. The second-order valence-corrected chi connectivity index (χ2v) is 6.04. The van der Waals surface area contributed by atoms with Crippen LogP contribution in [-0.2, 0) is 16.6 Å². The van der Waals surface area contributed by atoms with Gasteiger partial charge in [-0.05, 0) is 19.4 Å². The monoisotopic (exact) mass is 324 g/mol. The summed E-state index contributed by atoms with van der Waals surface area (Å²) >= 11 is 6.14. The summed E-state index contributed by atoms with van der Waals surface area (Å²) in [6.45, 7) is 6.64. The first kappa shape index (κ1) is 16.5. The highest BCUT2D eigenvalue weighted by atomic mass is 35.5. The van der Waals surface area contributed by atoms with E-state index in [4.69, 9.17) is 11.6 Å². The summed E-state index contributed by atoms with van der Waals surface area (Å²) in [7, 11) is 1.75. The lowest BCUT2D eigenvalue weighted by atomic mass is 10.2. The summed E-state index contributed by atoms with van der Waals surface area (Å²) < 4.78 is 1.56. The molecule has 1 saturated heterocycles. The van der Waals surface area contributed by atoms with E-state index in [1.54, 1.807) is 17.8 Å². The Morgan fingerprint density at radius 2 is 1.91 bits per heavy atom. The minimum atomic E-state index is -0.217. The molecule has 0 bridgehead atoms. The van der Waals surface area contributed by atoms with Crippen molar-refractivity contribution in [2.24, 2.45) is 13.0 Å². The summed E-state index contributed by atoms with van der Waals surface area (Å²) in [5.41, 5.74) is 1.48. The average molecular weight is 325 g/mol. The Bertz CT molecular complexity index is 621. The van der Waals surface area contributed by atoms with E-state index < -0.39 is 0 Å². The predicted molar refractivity (Wildman–Crippen MR) is 84.9 cm³/mol. The second-order valence-electron chi connectivity index (χ2n) is 5.68. The number of carbonyl (C=O) groups excluding carboxylic acids is 2. The molecule has 2 rings (SSSR count). The number of nitrogens with zero attached hydrogens (tertiary/aromatic N) is 4. The van der Waals surface area contributed by atoms with Gasteiger partial charge in [0, 0.05) is 37.7 Å². The maximum absolute atomic E-state index is 12.4. The molecule has 0 unspecified atom stereocenters. The van der Waals surface area contributed by atoms with Crippen LogP contribution in [0.4, 0.5) is 0 Å². The van der Waals surface area contributed by atoms with Crippen molar-refractivity contribution >= 4 is 29.5 Å². The molecule has 120 valence electrons. The number of aryl methyl sites for hydroxylation is 2. The first-order chi connectivity index (χ1) is 10.3. The fourth-order valence-corrected chi connectivity index (χ4v) is 2.68. The molecule has 1 aromatic rings. The summed E-state index contributed by atoms with van der Waals surface area (Å²) in [5.74, 6) is -0.381. The largest absolute Gasteiger partial charge is 0.273 e. The Hall–Kier alpha value is -1.82. The van der Waals surface area contributed by atoms with E-state index in [-0.39, 0.29) is 17.7 Å². The molecule has 0 aromatic carbocycles. The maximum atomic E-state index is 12.4. The van der Waals surface area contributed by atoms with Gasteiger partial charge in [-0.3, -0.25) is 19.3 Å². The molecule has 2 amide bonds. The first-order valence-corrected chi connectivity index (χ1v) is 7.70. The molecule has 0 radical (unpaired) electrons. The molecule has 22 heavy (non-hydrogen) atoms. The SMILES string of the molecule is Cc1nn(C)c(Cl)c1C=CC(=O)N1CCCN1C(=O)C(C)C. The Morgan fingerprint density at radius 3 is 2.45 bits per heavy atom. The molecular weight excluding hydrogens is 304 g/mol. The van der Waals surface area contributed by atoms with E-state index in [9.17, 15) is 9.59 Å². The number of hydrazine groups is 1. The van der Waals surface area contributed by atoms with Crippen molar-refractivity contribution in [3.8, 4) is 0 Å². The van der Waals surface area contributed by atoms with E-state index in [2.05, 4.69) is 5.10 Å². The minimum Gasteiger partial charge on any atom is -0.273 e. The maximum Gasteiger partial charge on any atom is 0.265 e. The highest BCUT2D eigenvalue weighted by Crippen LogP contribution is 2.21. The Kier molecular flexibility index (Phi) is 4.90. The summed E-state index contributed by atoms with van der Waals surface area (Å²) in [6, 6.07) is 0. The van der Waals surface area contributed by atoms with E-state index in [1.807, 2.05) is 20.8 Å². The van der Waals surface area contributed by atoms with Gasteiger partial charge in [0.05, 0.1) is 5.69 Å². The van der Waals surface area contributed by atoms with Crippen LogP contribution < -0.4 is 0 Å². The number of hydrogen-bond acceptors (Lipinski definition) is 3. The van der Waals surface area contributed by atoms with Crippen molar-refractivity contribution in [3.63, 3.8) is 0 Å². The van der Waals surface area contributed by atoms with Crippen molar-refractivity contribution in [2.45, 2.75) is 27.2 Å². The van der Waals surface area contributed by atoms with Gasteiger partial charge in [0.25, 0.3) is 5.91 Å². The fraction of sp³-hybridized carbons (Fsp3) is 0.533. The average Bonchev–Trinajstić information content (AvgIpc) is 3.02. The van der Waals surface area contributed by atoms with Gasteiger partial charge < -0.3 is 0 Å². The van der Waals surface area contributed by atoms with Crippen molar-refractivity contribution in [2.75, 3.05) is 13.1 Å². The van der Waals surface area contributed by atoms with Crippen molar-refractivity contribution in [3.05, 3.63) is 22.5 Å². The lowest BCUT2D eigenvalue weighted by Gasteiger charge is -2.28. The minimum absolute atomic E-state index is 0.0326. The zero-order valence-corrected chi connectivity index (χ0v) is 14.1. The van der Waals surface area contributed by atoms with Gasteiger partial charge >= 0.3 is 0 Å². The molecule has 1 aromatic heterocycles. The van der Waals surface area contributed by atoms with Crippen LogP contribution in [0.3, 0.4) is 0 Å². The molecule has 6 nitrogen and oxygen atoms in total. The van der Waals surface area contributed by atoms with Gasteiger partial charge in [-0.1, -0.05) is 25.4 Å². The number of rotatable bonds is 3. The molecule has 1 aliphatic rings. The lowest BCUT2D eigenvalue weighted by molar-refractivity contribution is -0.157. The lowest BCUT2D eigenvalue weighted by Crippen LogP contribution is -2.45. The quantitative estimate of drug-likeness (QED) is 0.799. The normalized spacial score (nSPS) is 15.4. The summed E-state index contributed by atoms with van der Waals surface area (Å²) in [6.07, 6.45) is 3.90. The highest BCUT2D eigenvalue weighted by Gasteiger charge is 2.30. The Morgan fingerprint density at radius 1 is 1.27 bits per heavy atom. The van der Waals surface area contributed by atoms with Crippen molar-refractivity contribution < 1.29 is 9.59 Å². The number of carbonyl (C=O) groups is 2. The standard InChI is InChI=1S/C15H21ClN4O2/c1-10(2)15(22)20-9-5-8-19(20)13(21)7-6-12-11(3)17-18(4)14(12)16/h6-7,10H,5,8-9H2,1-4H3. The Balaban J connectivity index is 2.14. The van der Waals surface area contributed by atoms with Gasteiger partial charge in [-0.2, -0.15) is 5.10 Å². The van der Waals surface area contributed by atoms with Crippen molar-refractivity contribution in [1.29, 1.82) is 0 Å². The molecule has 1 fully saturated rings. The molecule has 1 aliphatic heterocycles. The third-order valence-electron chi connectivity index (χ3n) is 3.62. The molecular formula is C15H21ClN4O2. The number of hydrogen-bond donors (Lipinski definition) is 0. The van der Waals surface area contributed by atoms with Crippen LogP contribution in [0.15, 0.2) is 6.08 Å². The Labute approximate surface area is 135 Å². The summed E-state index contributed by atoms with van der Waals surface area (Å²) in [4.78, 5) is 24.5. The third-order valence-corrected chi connectivity index (χ3v) is 4.07. The highest BCUT2D eigenvalue weighted by molar-refractivity contribution is 6.31. The van der Waals surface area contributed by atoms with E-state index >= 15 is 0 Å². The molecule has 0 atom stereocenters. The first-order valence-electron chi connectivity index (χ1n) is 7.33. The van der Waals surface area contributed by atoms with Crippen LogP contribution in [0.5, 0.6) is 0 Å². The van der Waals surface area contributed by atoms with Crippen LogP contribution in [-0.4, -0.2) is 44.7 Å². The number of amides is 2. The second kappa shape index (κ2) is 6.52. The number of aromatic nitrogens is 2. The van der Waals surface area contributed by atoms with Crippen LogP contribution in [0.1, 0.15) is 31.5 Å². The molecule has 0 spiro atoms. The van der Waals surface area contributed by atoms with Crippen LogP contribution >= 0.6 is 11.6 Å². The molecule has 7 heteroatoms. The third kappa shape index (κ3) is 3.16.